The van der Waals surface area contributed by atoms with Gasteiger partial charge in [-0.1, -0.05) is 25.0 Å². The number of fused-ring (bicyclic) bond motifs is 1. The van der Waals surface area contributed by atoms with Crippen LogP contribution in [0.2, 0.25) is 0 Å². The van der Waals surface area contributed by atoms with Crippen LogP contribution in [0, 0.1) is 25.7 Å². The Labute approximate surface area is 176 Å². The molecule has 7 nitrogen and oxygen atoms in total. The van der Waals surface area contributed by atoms with Gasteiger partial charge in [-0.25, -0.2) is 4.68 Å². The van der Waals surface area contributed by atoms with Crippen molar-refractivity contribution >= 4 is 17.8 Å². The van der Waals surface area contributed by atoms with Gasteiger partial charge in [-0.2, -0.15) is 5.10 Å². The van der Waals surface area contributed by atoms with Crippen LogP contribution in [0.4, 0.5) is 0 Å². The molecule has 0 radical (unpaired) electrons. The third-order valence-electron chi connectivity index (χ3n) is 6.06. The Bertz CT molecular complexity index is 939. The van der Waals surface area contributed by atoms with E-state index in [1.54, 1.807) is 0 Å². The second kappa shape index (κ2) is 8.42. The molecule has 0 bridgehead atoms. The van der Waals surface area contributed by atoms with Gasteiger partial charge < -0.3 is 4.74 Å². The van der Waals surface area contributed by atoms with Crippen molar-refractivity contribution in [3.63, 3.8) is 0 Å². The number of carbonyl (C=O) groups excluding carboxylic acids is 3. The van der Waals surface area contributed by atoms with E-state index in [0.29, 0.717) is 0 Å². The first-order chi connectivity index (χ1) is 14.4. The SMILES string of the molecule is Cc1cc(C)n(-c2ccc(COC(=O)CCN3C(=O)[C@H]4CCCC[C@H]4C3=O)cc2)n1. The molecule has 1 saturated carbocycles. The fraction of sp³-hybridized carbons (Fsp3) is 0.478. The Kier molecular flexibility index (Phi) is 5.70. The van der Waals surface area contributed by atoms with E-state index >= 15 is 0 Å². The number of ether oxygens (including phenoxy) is 1. The van der Waals surface area contributed by atoms with E-state index in [4.69, 9.17) is 4.74 Å². The first-order valence-corrected chi connectivity index (χ1v) is 10.6. The van der Waals surface area contributed by atoms with Gasteiger partial charge in [0.25, 0.3) is 0 Å². The number of benzene rings is 1. The Morgan fingerprint density at radius 1 is 1.07 bits per heavy atom. The van der Waals surface area contributed by atoms with Gasteiger partial charge in [0.05, 0.1) is 29.6 Å². The summed E-state index contributed by atoms with van der Waals surface area (Å²) in [6, 6.07) is 9.69. The Hall–Kier alpha value is -2.96. The Balaban J connectivity index is 1.27. The smallest absolute Gasteiger partial charge is 0.307 e. The monoisotopic (exact) mass is 409 g/mol. The summed E-state index contributed by atoms with van der Waals surface area (Å²) in [6.45, 7) is 4.22. The molecule has 0 N–H and O–H groups in total. The van der Waals surface area contributed by atoms with Crippen molar-refractivity contribution in [3.05, 3.63) is 47.3 Å². The van der Waals surface area contributed by atoms with Crippen molar-refractivity contribution in [1.29, 1.82) is 0 Å². The predicted molar refractivity (Wildman–Crippen MR) is 110 cm³/mol. The molecule has 1 saturated heterocycles. The minimum atomic E-state index is -0.409. The highest BCUT2D eigenvalue weighted by Crippen LogP contribution is 2.37. The highest BCUT2D eigenvalue weighted by molar-refractivity contribution is 6.05. The molecule has 1 aliphatic heterocycles. The van der Waals surface area contributed by atoms with Gasteiger partial charge in [-0.15, -0.1) is 0 Å². The normalized spacial score (nSPS) is 21.1. The van der Waals surface area contributed by atoms with E-state index in [1.165, 1.54) is 4.90 Å². The zero-order chi connectivity index (χ0) is 21.3. The summed E-state index contributed by atoms with van der Waals surface area (Å²) in [6.07, 6.45) is 3.58. The average molecular weight is 409 g/mol. The number of aromatic nitrogens is 2. The minimum Gasteiger partial charge on any atom is -0.461 e. The topological polar surface area (TPSA) is 81.5 Å². The third-order valence-corrected chi connectivity index (χ3v) is 6.06. The number of rotatable bonds is 6. The minimum absolute atomic E-state index is 0.0285. The maximum atomic E-state index is 12.5. The Morgan fingerprint density at radius 2 is 1.70 bits per heavy atom. The molecule has 1 aliphatic carbocycles. The lowest BCUT2D eigenvalue weighted by Gasteiger charge is -2.19. The molecule has 1 aromatic heterocycles. The molecule has 30 heavy (non-hydrogen) atoms. The van der Waals surface area contributed by atoms with Crippen LogP contribution in [0.5, 0.6) is 0 Å². The molecule has 2 aliphatic rings. The van der Waals surface area contributed by atoms with E-state index < -0.39 is 5.97 Å². The fourth-order valence-corrected chi connectivity index (χ4v) is 4.51. The van der Waals surface area contributed by atoms with E-state index in [9.17, 15) is 14.4 Å². The molecule has 7 heteroatoms. The van der Waals surface area contributed by atoms with Gasteiger partial charge in [0.2, 0.25) is 11.8 Å². The van der Waals surface area contributed by atoms with Crippen LogP contribution in [0.1, 0.15) is 49.1 Å². The predicted octanol–water partition coefficient (Wildman–Crippen LogP) is 3.10. The zero-order valence-electron chi connectivity index (χ0n) is 17.5. The summed E-state index contributed by atoms with van der Waals surface area (Å²) < 4.78 is 7.21. The zero-order valence-corrected chi connectivity index (χ0v) is 17.5. The molecule has 2 heterocycles. The van der Waals surface area contributed by atoms with Gasteiger partial charge in [-0.05, 0) is 50.5 Å². The number of likely N-dealkylation sites (tertiary alicyclic amines) is 1. The first kappa shape index (κ1) is 20.3. The van der Waals surface area contributed by atoms with Crippen molar-refractivity contribution < 1.29 is 19.1 Å². The maximum Gasteiger partial charge on any atom is 0.307 e. The molecule has 1 aromatic carbocycles. The van der Waals surface area contributed by atoms with Crippen molar-refractivity contribution in [3.8, 4) is 5.69 Å². The summed E-state index contributed by atoms with van der Waals surface area (Å²) in [4.78, 5) is 38.3. The molecule has 2 amide bonds. The molecule has 0 unspecified atom stereocenters. The largest absolute Gasteiger partial charge is 0.461 e. The van der Waals surface area contributed by atoms with Gasteiger partial charge in [-0.3, -0.25) is 19.3 Å². The lowest BCUT2D eigenvalue weighted by molar-refractivity contribution is -0.146. The van der Waals surface area contributed by atoms with Crippen LogP contribution in [0.3, 0.4) is 0 Å². The van der Waals surface area contributed by atoms with Crippen molar-refractivity contribution in [2.45, 2.75) is 52.6 Å². The van der Waals surface area contributed by atoms with E-state index in [-0.39, 0.29) is 43.2 Å². The number of nitrogens with zero attached hydrogens (tertiary/aromatic N) is 3. The summed E-state index contributed by atoms with van der Waals surface area (Å²) in [7, 11) is 0. The number of hydrogen-bond acceptors (Lipinski definition) is 5. The van der Waals surface area contributed by atoms with Crippen LogP contribution < -0.4 is 0 Å². The van der Waals surface area contributed by atoms with Crippen LogP contribution in [0.15, 0.2) is 30.3 Å². The molecule has 2 atom stereocenters. The van der Waals surface area contributed by atoms with Gasteiger partial charge in [0.15, 0.2) is 0 Å². The molecular weight excluding hydrogens is 382 g/mol. The van der Waals surface area contributed by atoms with Gasteiger partial charge in [0, 0.05) is 12.2 Å². The summed E-state index contributed by atoms with van der Waals surface area (Å²) >= 11 is 0. The maximum absolute atomic E-state index is 12.5. The Morgan fingerprint density at radius 3 is 2.27 bits per heavy atom. The van der Waals surface area contributed by atoms with Gasteiger partial charge >= 0.3 is 5.97 Å². The molecular formula is C23H27N3O4. The van der Waals surface area contributed by atoms with Crippen molar-refractivity contribution in [2.75, 3.05) is 6.54 Å². The standard InChI is InChI=1S/C23H27N3O4/c1-15-13-16(2)26(24-15)18-9-7-17(8-10-18)14-30-21(27)11-12-25-22(28)19-5-3-4-6-20(19)23(25)29/h7-10,13,19-20H,3-6,11-12,14H2,1-2H3/t19-,20+. The second-order valence-corrected chi connectivity index (χ2v) is 8.24. The van der Waals surface area contributed by atoms with Crippen LogP contribution in [-0.2, 0) is 25.7 Å². The fourth-order valence-electron chi connectivity index (χ4n) is 4.51. The van der Waals surface area contributed by atoms with Crippen LogP contribution in [0.25, 0.3) is 5.69 Å². The quantitative estimate of drug-likeness (QED) is 0.541. The lowest BCUT2D eigenvalue weighted by atomic mass is 9.81. The summed E-state index contributed by atoms with van der Waals surface area (Å²) in [5, 5.41) is 4.46. The molecule has 2 aromatic rings. The molecule has 158 valence electrons. The highest BCUT2D eigenvalue weighted by atomic mass is 16.5. The average Bonchev–Trinajstić information content (AvgIpc) is 3.21. The number of amides is 2. The number of esters is 1. The molecule has 2 fully saturated rings. The van der Waals surface area contributed by atoms with E-state index in [0.717, 1.165) is 48.3 Å². The van der Waals surface area contributed by atoms with Crippen LogP contribution in [-0.4, -0.2) is 39.0 Å². The van der Waals surface area contributed by atoms with Crippen molar-refractivity contribution in [2.24, 2.45) is 11.8 Å². The van der Waals surface area contributed by atoms with E-state index in [1.807, 2.05) is 48.9 Å². The lowest BCUT2D eigenvalue weighted by Crippen LogP contribution is -2.33. The second-order valence-electron chi connectivity index (χ2n) is 8.24. The third kappa shape index (κ3) is 4.01. The van der Waals surface area contributed by atoms with Crippen LogP contribution >= 0.6 is 0 Å². The highest BCUT2D eigenvalue weighted by Gasteiger charge is 2.47. The number of imide groups is 1. The van der Waals surface area contributed by atoms with Gasteiger partial charge in [0.1, 0.15) is 6.61 Å². The number of carbonyl (C=O) groups is 3. The number of aryl methyl sites for hydroxylation is 2. The van der Waals surface area contributed by atoms with Crippen molar-refractivity contribution in [1.82, 2.24) is 14.7 Å². The summed E-state index contributed by atoms with van der Waals surface area (Å²) in [5.41, 5.74) is 3.83. The molecule has 4 rings (SSSR count). The number of hydrogen-bond donors (Lipinski definition) is 0. The first-order valence-electron chi connectivity index (χ1n) is 10.6. The van der Waals surface area contributed by atoms with E-state index in [2.05, 4.69) is 5.10 Å². The molecule has 0 spiro atoms. The summed E-state index contributed by atoms with van der Waals surface area (Å²) in [5.74, 6) is -0.992.